The number of halogens is 7. The second-order valence-electron chi connectivity index (χ2n) is 38.1. The third-order valence-electron chi connectivity index (χ3n) is 15.3. The highest BCUT2D eigenvalue weighted by atomic mass is 35.5. The number of nitrogens with two attached hydrogens (primary N) is 1. The number of rotatable bonds is 13. The number of aromatic nitrogens is 1. The molecule has 0 aliphatic rings. The third-order valence-corrected chi connectivity index (χ3v) is 16.1. The predicted molar refractivity (Wildman–Crippen MR) is 520 cm³/mol. The largest absolute Gasteiger partial charge is 0.497 e. The first kappa shape index (κ1) is 118. The highest BCUT2D eigenvalue weighted by Gasteiger charge is 2.24. The van der Waals surface area contributed by atoms with Crippen molar-refractivity contribution in [3.63, 3.8) is 0 Å². The van der Waals surface area contributed by atoms with Crippen molar-refractivity contribution in [3.05, 3.63) is 305 Å². The van der Waals surface area contributed by atoms with E-state index in [1.165, 1.54) is 55.6 Å². The summed E-state index contributed by atoms with van der Waals surface area (Å²) in [6.07, 6.45) is 3.22. The molecule has 0 bridgehead atoms. The number of non-ortho nitro benzene ring substituents is 1. The number of anilines is 1. The number of esters is 1. The van der Waals surface area contributed by atoms with Crippen molar-refractivity contribution < 1.29 is 79.9 Å². The van der Waals surface area contributed by atoms with Gasteiger partial charge in [-0.25, -0.2) is 22.4 Å². The Hall–Kier alpha value is -12.8. The predicted octanol–water partition coefficient (Wildman–Crippen LogP) is 20.7. The van der Waals surface area contributed by atoms with Crippen molar-refractivity contribution >= 4 is 105 Å². The number of hydrogen-bond acceptors (Lipinski definition) is 16. The topological polar surface area (TPSA) is 379 Å². The first-order valence-corrected chi connectivity index (χ1v) is 42.9. The lowest BCUT2D eigenvalue weighted by Gasteiger charge is -2.20. The Morgan fingerprint density at radius 3 is 0.932 bits per heavy atom. The van der Waals surface area contributed by atoms with Crippen LogP contribution in [0, 0.1) is 33.4 Å². The Balaban J connectivity index is 0.000000749. The molecule has 0 saturated carbocycles. The lowest BCUT2D eigenvalue weighted by atomic mass is 10.1. The monoisotopic (exact) mass is 1900 g/mol. The van der Waals surface area contributed by atoms with Crippen molar-refractivity contribution in [3.8, 4) is 5.75 Å². The minimum atomic E-state index is -0.844. The maximum Gasteiger partial charge on any atom is 0.337 e. The van der Waals surface area contributed by atoms with E-state index in [1.807, 2.05) is 166 Å². The van der Waals surface area contributed by atoms with Crippen molar-refractivity contribution in [2.24, 2.45) is 0 Å². The van der Waals surface area contributed by atoms with Crippen LogP contribution >= 0.6 is 34.8 Å². The molecule has 9 rings (SSSR count). The normalized spacial score (nSPS) is 11.0. The molecule has 1 heterocycles. The summed E-state index contributed by atoms with van der Waals surface area (Å²) in [6, 6.07) is 46.5. The SMILES string of the molecule is CC(C)(C)NC(=O)c1ccc(Cl)cc1.CC(C)(C)NC(=O)c1ccc(Cl)cc1F.CC(C)(C)NC(=O)c1ccc(F)cc1Cl.CC(C)(C)NC(=O)c1ccc(N)cc1.CC(C)(C)NC(=O)c1ccc([N+](=O)[O-])cc1.CC(C)(C)NC(=O)c1ccncc1.CC(C)NC(=O)c1ccc(F)cc1F.COC(=O)c1ccc(C(=O)NC(C)(C)C)cc1.COc1ccc(C(=O)NC(C)(C)C)cc1. The Morgan fingerprint density at radius 2 is 0.617 bits per heavy atom. The molecule has 0 saturated heterocycles. The van der Waals surface area contributed by atoms with Gasteiger partial charge < -0.3 is 63.1 Å². The summed E-state index contributed by atoms with van der Waals surface area (Å²) in [5.41, 5.74) is 8.09. The second kappa shape index (κ2) is 53.6. The number of nitrogens with zero attached hydrogens (tertiary/aromatic N) is 2. The highest BCUT2D eigenvalue weighted by molar-refractivity contribution is 6.34. The van der Waals surface area contributed by atoms with Crippen LogP contribution in [0.3, 0.4) is 0 Å². The maximum absolute atomic E-state index is 13.3. The van der Waals surface area contributed by atoms with E-state index >= 15 is 0 Å². The molecule has 11 N–H and O–H groups in total. The molecule has 0 aliphatic carbocycles. The van der Waals surface area contributed by atoms with Crippen LogP contribution in [-0.4, -0.2) is 134 Å². The summed E-state index contributed by atoms with van der Waals surface area (Å²) in [4.78, 5) is 129. The van der Waals surface area contributed by atoms with Gasteiger partial charge in [0.1, 0.15) is 29.0 Å². The van der Waals surface area contributed by atoms with Crippen molar-refractivity contribution in [2.45, 2.75) is 230 Å². The number of amides is 9. The summed E-state index contributed by atoms with van der Waals surface area (Å²) >= 11 is 17.1. The number of nitro benzene ring substituents is 1. The Kier molecular flexibility index (Phi) is 47.7. The molecule has 26 nitrogen and oxygen atoms in total. The van der Waals surface area contributed by atoms with E-state index in [0.717, 1.165) is 30.0 Å². The van der Waals surface area contributed by atoms with Gasteiger partial charge >= 0.3 is 5.97 Å². The average Bonchev–Trinajstić information content (AvgIpc) is 0.852. The third kappa shape index (κ3) is 52.7. The number of nitrogen functional groups attached to an aromatic ring is 1. The number of ether oxygens (including phenoxy) is 2. The van der Waals surface area contributed by atoms with Crippen LogP contribution in [0.5, 0.6) is 5.75 Å². The van der Waals surface area contributed by atoms with Crippen LogP contribution in [0.2, 0.25) is 15.1 Å². The summed E-state index contributed by atoms with van der Waals surface area (Å²) in [5, 5.41) is 36.5. The number of carbonyl (C=O) groups is 10. The first-order chi connectivity index (χ1) is 60.9. The van der Waals surface area contributed by atoms with E-state index in [9.17, 15) is 75.6 Å². The second-order valence-corrected chi connectivity index (χ2v) is 39.4. The van der Waals surface area contributed by atoms with Crippen LogP contribution in [0.25, 0.3) is 0 Å². The molecule has 133 heavy (non-hydrogen) atoms. The Morgan fingerprint density at radius 1 is 0.346 bits per heavy atom. The standard InChI is InChI=1S/C13H17NO3.C12H17NO2.2C11H13ClFNO.C11H14ClNO.C11H14N2O3.C11H16N2O.C10H11F2NO.C10H14N2O/c1-13(2,3)14-11(15)9-5-7-10(8-6-9)12(16)17-4;1-12(2,3)13-11(14)9-5-7-10(15-4)8-6-9;1-11(2,3)14-10(15)8-5-4-7(13)6-9(8)12;1-11(2,3)14-10(15)8-5-4-7(12)6-9(8)13;1-11(2,3)13-10(14)8-4-6-9(12)7-5-8;1-11(2,3)12-10(14)8-4-6-9(7-5-8)13(15)16;1-11(2,3)13-10(14)8-4-6-9(12)7-5-8;1-6(2)13-10(14)8-4-3-7(11)5-9(8)12;1-10(2,3)12-9(13)8-4-6-11-7-5-8/h5-8H,1-4H3,(H,14,15);5-8H,1-4H3,(H,13,14);2*4-6H,1-3H3,(H,14,15);4-7H,1-3H3,(H,13,14);4-7H,1-3H3,(H,12,14);4-7H,12H2,1-3H3,(H,13,14);3-6H,1-2H3,(H,13,14);4-7H,1-3H3,(H,12,13). The maximum atomic E-state index is 13.3. The van der Waals surface area contributed by atoms with Crippen molar-refractivity contribution in [1.82, 2.24) is 52.8 Å². The lowest BCUT2D eigenvalue weighted by Crippen LogP contribution is -2.40. The number of nitro groups is 1. The molecule has 0 radical (unpaired) electrons. The van der Waals surface area contributed by atoms with Gasteiger partial charge in [-0.3, -0.25) is 58.2 Å². The van der Waals surface area contributed by atoms with E-state index < -0.39 is 46.0 Å². The van der Waals surface area contributed by atoms with Gasteiger partial charge in [0.2, 0.25) is 0 Å². The van der Waals surface area contributed by atoms with E-state index in [4.69, 9.17) is 45.3 Å². The van der Waals surface area contributed by atoms with Gasteiger partial charge in [-0.1, -0.05) is 34.8 Å². The molecule has 0 unspecified atom stereocenters. The van der Waals surface area contributed by atoms with Gasteiger partial charge in [0.25, 0.3) is 58.9 Å². The van der Waals surface area contributed by atoms with Crippen molar-refractivity contribution in [2.75, 3.05) is 20.0 Å². The van der Waals surface area contributed by atoms with Gasteiger partial charge in [0.05, 0.1) is 46.4 Å². The van der Waals surface area contributed by atoms with Gasteiger partial charge in [-0.15, -0.1) is 0 Å². The van der Waals surface area contributed by atoms with Crippen LogP contribution in [0.1, 0.15) is 284 Å². The molecule has 0 aliphatic heterocycles. The van der Waals surface area contributed by atoms with E-state index in [1.54, 1.807) is 143 Å². The van der Waals surface area contributed by atoms with E-state index in [0.29, 0.717) is 55.7 Å². The Bertz CT molecular complexity index is 5170. The van der Waals surface area contributed by atoms with Crippen LogP contribution in [0.4, 0.5) is 28.9 Å². The summed E-state index contributed by atoms with van der Waals surface area (Å²) in [5.74, 6) is -4.18. The molecule has 9 amide bonds. The first-order valence-electron chi connectivity index (χ1n) is 41.7. The Labute approximate surface area is 794 Å². The summed E-state index contributed by atoms with van der Waals surface area (Å²) in [7, 11) is 2.92. The van der Waals surface area contributed by atoms with Gasteiger partial charge in [-0.05, 0) is 350 Å². The number of hydrogen-bond donors (Lipinski definition) is 10. The fourth-order valence-electron chi connectivity index (χ4n) is 9.74. The number of carbonyl (C=O) groups excluding carboxylic acids is 10. The molecule has 0 spiro atoms. The average molecular weight is 1910 g/mol. The van der Waals surface area contributed by atoms with Crippen molar-refractivity contribution in [1.29, 1.82) is 0 Å². The van der Waals surface area contributed by atoms with E-state index in [-0.39, 0.29) is 124 Å². The molecule has 8 aromatic carbocycles. The fourth-order valence-corrected chi connectivity index (χ4v) is 10.3. The molecular weight excluding hydrogens is 1780 g/mol. The molecule has 0 atom stereocenters. The minimum Gasteiger partial charge on any atom is -0.497 e. The fraction of sp³-hybridized carbons (Fsp3) is 0.370. The zero-order valence-corrected chi connectivity index (χ0v) is 83.2. The molecule has 0 fully saturated rings. The van der Waals surface area contributed by atoms with Gasteiger partial charge in [0, 0.05) is 130 Å². The van der Waals surface area contributed by atoms with Crippen LogP contribution in [0.15, 0.2) is 200 Å². The number of benzene rings is 8. The van der Waals surface area contributed by atoms with Crippen LogP contribution < -0.4 is 58.3 Å². The molecule has 722 valence electrons. The van der Waals surface area contributed by atoms with E-state index in [2.05, 4.69) is 57.6 Å². The zero-order valence-electron chi connectivity index (χ0n) is 81.0. The molecule has 1 aromatic heterocycles. The lowest BCUT2D eigenvalue weighted by molar-refractivity contribution is -0.384. The van der Waals surface area contributed by atoms with Gasteiger partial charge in [-0.2, -0.15) is 0 Å². The highest BCUT2D eigenvalue weighted by Crippen LogP contribution is 2.22. The smallest absolute Gasteiger partial charge is 0.337 e. The minimum absolute atomic E-state index is 0.00863. The number of nitrogens with one attached hydrogen (secondary N) is 9. The zero-order chi connectivity index (χ0) is 102. The van der Waals surface area contributed by atoms with Gasteiger partial charge in [0.15, 0.2) is 0 Å². The van der Waals surface area contributed by atoms with Crippen LogP contribution in [-0.2, 0) is 4.74 Å². The summed E-state index contributed by atoms with van der Waals surface area (Å²) in [6.45, 7) is 49.3. The number of pyridine rings is 1. The molecule has 9 aromatic rings. The molecular formula is C100H129Cl3F4N12O14. The number of methoxy groups -OCH3 is 2. The molecule has 33 heteroatoms. The summed E-state index contributed by atoms with van der Waals surface area (Å²) < 4.78 is 61.2. The quantitative estimate of drug-likeness (QED) is 0.0168.